The van der Waals surface area contributed by atoms with Crippen LogP contribution in [-0.4, -0.2) is 16.1 Å². The number of aromatic nitrogens is 2. The minimum absolute atomic E-state index is 0.178. The number of H-pyrrole nitrogens is 1. The Labute approximate surface area is 108 Å². The first kappa shape index (κ1) is 14.0. The lowest BCUT2D eigenvalue weighted by atomic mass is 10.2. The monoisotopic (exact) mass is 291 g/mol. The van der Waals surface area contributed by atoms with Crippen molar-refractivity contribution >= 4 is 11.6 Å². The molecule has 0 saturated carbocycles. The number of alkyl halides is 3. The summed E-state index contributed by atoms with van der Waals surface area (Å²) < 4.78 is 63.2. The molecule has 0 spiro atoms. The van der Waals surface area contributed by atoms with Crippen LogP contribution < -0.4 is 5.32 Å². The molecular formula is C11H6F5N3O. The Hall–Kier alpha value is -2.45. The van der Waals surface area contributed by atoms with Crippen LogP contribution in [0.15, 0.2) is 24.4 Å². The van der Waals surface area contributed by atoms with Crippen molar-refractivity contribution in [3.8, 4) is 0 Å². The number of halogens is 5. The lowest BCUT2D eigenvalue weighted by molar-refractivity contribution is -0.141. The lowest BCUT2D eigenvalue weighted by Crippen LogP contribution is -2.17. The maximum Gasteiger partial charge on any atom is 0.433 e. The second kappa shape index (κ2) is 4.91. The average molecular weight is 291 g/mol. The van der Waals surface area contributed by atoms with Crippen LogP contribution in [0.25, 0.3) is 0 Å². The van der Waals surface area contributed by atoms with Crippen molar-refractivity contribution in [1.29, 1.82) is 0 Å². The standard InChI is InChI=1S/C11H6F5N3O/c12-7-2-1-5(3-8(7)13)18-10(20)6-4-17-19-9(6)11(14,15)16/h1-4H,(H,17,19)(H,18,20). The van der Waals surface area contributed by atoms with Crippen LogP contribution in [0.5, 0.6) is 0 Å². The van der Waals surface area contributed by atoms with E-state index < -0.39 is 35.0 Å². The summed E-state index contributed by atoms with van der Waals surface area (Å²) in [5.41, 5.74) is -2.25. The maximum atomic E-state index is 12.9. The molecule has 2 rings (SSSR count). The minimum atomic E-state index is -4.78. The van der Waals surface area contributed by atoms with Gasteiger partial charge < -0.3 is 5.32 Å². The molecular weight excluding hydrogens is 285 g/mol. The van der Waals surface area contributed by atoms with Gasteiger partial charge in [0, 0.05) is 11.8 Å². The molecule has 1 heterocycles. The quantitative estimate of drug-likeness (QED) is 0.836. The van der Waals surface area contributed by atoms with Crippen molar-refractivity contribution in [2.24, 2.45) is 0 Å². The molecule has 0 radical (unpaired) electrons. The second-order valence-corrected chi connectivity index (χ2v) is 3.74. The van der Waals surface area contributed by atoms with E-state index in [1.54, 1.807) is 5.10 Å². The van der Waals surface area contributed by atoms with Gasteiger partial charge in [0.15, 0.2) is 17.3 Å². The van der Waals surface area contributed by atoms with Crippen molar-refractivity contribution < 1.29 is 26.7 Å². The van der Waals surface area contributed by atoms with E-state index in [2.05, 4.69) is 5.10 Å². The highest BCUT2D eigenvalue weighted by Gasteiger charge is 2.37. The van der Waals surface area contributed by atoms with Crippen LogP contribution >= 0.6 is 0 Å². The topological polar surface area (TPSA) is 57.8 Å². The van der Waals surface area contributed by atoms with Crippen LogP contribution in [0, 0.1) is 11.6 Å². The molecule has 9 heteroatoms. The summed E-state index contributed by atoms with van der Waals surface area (Å²) in [4.78, 5) is 11.7. The molecule has 0 aliphatic heterocycles. The number of nitrogens with one attached hydrogen (secondary N) is 2. The van der Waals surface area contributed by atoms with Gasteiger partial charge in [-0.15, -0.1) is 0 Å². The summed E-state index contributed by atoms with van der Waals surface area (Å²) in [7, 11) is 0. The molecule has 1 aromatic heterocycles. The highest BCUT2D eigenvalue weighted by molar-refractivity contribution is 6.05. The fourth-order valence-corrected chi connectivity index (χ4v) is 1.45. The number of carbonyl (C=O) groups excluding carboxylic acids is 1. The predicted molar refractivity (Wildman–Crippen MR) is 57.9 cm³/mol. The molecule has 0 saturated heterocycles. The number of amides is 1. The van der Waals surface area contributed by atoms with Crippen molar-refractivity contribution in [2.75, 3.05) is 5.32 Å². The zero-order valence-electron chi connectivity index (χ0n) is 9.55. The number of hydrogen-bond donors (Lipinski definition) is 2. The predicted octanol–water partition coefficient (Wildman–Crippen LogP) is 2.96. The molecule has 0 aliphatic carbocycles. The van der Waals surface area contributed by atoms with E-state index in [0.29, 0.717) is 12.3 Å². The smallest absolute Gasteiger partial charge is 0.322 e. The van der Waals surface area contributed by atoms with Crippen molar-refractivity contribution in [3.63, 3.8) is 0 Å². The number of hydrogen-bond acceptors (Lipinski definition) is 2. The summed E-state index contributed by atoms with van der Waals surface area (Å²) in [6, 6.07) is 2.41. The fourth-order valence-electron chi connectivity index (χ4n) is 1.45. The van der Waals surface area contributed by atoms with Gasteiger partial charge in [-0.25, -0.2) is 8.78 Å². The first-order chi connectivity index (χ1) is 9.29. The number of nitrogens with zero attached hydrogens (tertiary/aromatic N) is 1. The first-order valence-electron chi connectivity index (χ1n) is 5.16. The molecule has 0 atom stereocenters. The van der Waals surface area contributed by atoms with Crippen LogP contribution in [0.1, 0.15) is 16.1 Å². The number of benzene rings is 1. The van der Waals surface area contributed by atoms with E-state index in [9.17, 15) is 26.7 Å². The summed E-state index contributed by atoms with van der Waals surface area (Å²) in [6.07, 6.45) is -4.09. The molecule has 4 nitrogen and oxygen atoms in total. The average Bonchev–Trinajstić information content (AvgIpc) is 2.83. The Balaban J connectivity index is 2.25. The molecule has 20 heavy (non-hydrogen) atoms. The van der Waals surface area contributed by atoms with Gasteiger partial charge in [0.1, 0.15) is 0 Å². The van der Waals surface area contributed by atoms with E-state index in [1.807, 2.05) is 5.32 Å². The van der Waals surface area contributed by atoms with Crippen LogP contribution in [0.3, 0.4) is 0 Å². The van der Waals surface area contributed by atoms with Crippen molar-refractivity contribution in [2.45, 2.75) is 6.18 Å². The zero-order valence-corrected chi connectivity index (χ0v) is 9.55. The Kier molecular flexibility index (Phi) is 3.43. The zero-order chi connectivity index (χ0) is 14.9. The van der Waals surface area contributed by atoms with Crippen molar-refractivity contribution in [3.05, 3.63) is 47.3 Å². The van der Waals surface area contributed by atoms with Gasteiger partial charge in [-0.05, 0) is 12.1 Å². The third-order valence-corrected chi connectivity index (χ3v) is 2.34. The molecule has 1 aromatic carbocycles. The molecule has 0 bridgehead atoms. The van der Waals surface area contributed by atoms with E-state index in [4.69, 9.17) is 0 Å². The Morgan fingerprint density at radius 3 is 2.50 bits per heavy atom. The third kappa shape index (κ3) is 2.76. The van der Waals surface area contributed by atoms with Gasteiger partial charge in [-0.2, -0.15) is 18.3 Å². The molecule has 0 unspecified atom stereocenters. The Bertz CT molecular complexity index is 650. The molecule has 1 amide bonds. The number of aromatic amines is 1. The highest BCUT2D eigenvalue weighted by atomic mass is 19.4. The Morgan fingerprint density at radius 1 is 1.20 bits per heavy atom. The largest absolute Gasteiger partial charge is 0.433 e. The van der Waals surface area contributed by atoms with E-state index >= 15 is 0 Å². The molecule has 106 valence electrons. The summed E-state index contributed by atoms with van der Waals surface area (Å²) >= 11 is 0. The third-order valence-electron chi connectivity index (χ3n) is 2.34. The van der Waals surface area contributed by atoms with Gasteiger partial charge in [0.2, 0.25) is 0 Å². The highest BCUT2D eigenvalue weighted by Crippen LogP contribution is 2.30. The normalized spacial score (nSPS) is 11.4. The lowest BCUT2D eigenvalue weighted by Gasteiger charge is -2.08. The molecule has 2 aromatic rings. The van der Waals surface area contributed by atoms with Gasteiger partial charge >= 0.3 is 6.18 Å². The number of anilines is 1. The van der Waals surface area contributed by atoms with E-state index in [0.717, 1.165) is 12.1 Å². The second-order valence-electron chi connectivity index (χ2n) is 3.74. The molecule has 2 N–H and O–H groups in total. The van der Waals surface area contributed by atoms with Gasteiger partial charge in [0.25, 0.3) is 5.91 Å². The number of rotatable bonds is 2. The van der Waals surface area contributed by atoms with Crippen LogP contribution in [0.2, 0.25) is 0 Å². The number of carbonyl (C=O) groups is 1. The fraction of sp³-hybridized carbons (Fsp3) is 0.0909. The van der Waals surface area contributed by atoms with Gasteiger partial charge in [-0.3, -0.25) is 9.89 Å². The summed E-state index contributed by atoms with van der Waals surface area (Å²) in [5, 5.41) is 6.83. The van der Waals surface area contributed by atoms with Gasteiger partial charge in [0.05, 0.1) is 11.8 Å². The Morgan fingerprint density at radius 2 is 1.90 bits per heavy atom. The summed E-state index contributed by atoms with van der Waals surface area (Å²) in [5.74, 6) is -3.51. The van der Waals surface area contributed by atoms with Gasteiger partial charge in [-0.1, -0.05) is 0 Å². The SMILES string of the molecule is O=C(Nc1ccc(F)c(F)c1)c1cn[nH]c1C(F)(F)F. The van der Waals surface area contributed by atoms with E-state index in [-0.39, 0.29) is 5.69 Å². The summed E-state index contributed by atoms with van der Waals surface area (Å²) in [6.45, 7) is 0. The van der Waals surface area contributed by atoms with Crippen LogP contribution in [0.4, 0.5) is 27.6 Å². The van der Waals surface area contributed by atoms with E-state index in [1.165, 1.54) is 0 Å². The maximum absolute atomic E-state index is 12.9. The minimum Gasteiger partial charge on any atom is -0.322 e. The molecule has 0 aliphatic rings. The van der Waals surface area contributed by atoms with Crippen LogP contribution in [-0.2, 0) is 6.18 Å². The first-order valence-corrected chi connectivity index (χ1v) is 5.16. The molecule has 0 fully saturated rings. The van der Waals surface area contributed by atoms with Crippen molar-refractivity contribution in [1.82, 2.24) is 10.2 Å².